The van der Waals surface area contributed by atoms with E-state index < -0.39 is 0 Å². The van der Waals surface area contributed by atoms with E-state index in [1.807, 2.05) is 25.1 Å². The minimum atomic E-state index is -0.264. The maximum Gasteiger partial charge on any atom is 0.256 e. The Bertz CT molecular complexity index is 1320. The fraction of sp³-hybridized carbons (Fsp3) is 0.273. The number of aromatic nitrogens is 4. The highest BCUT2D eigenvalue weighted by Crippen LogP contribution is 2.28. The van der Waals surface area contributed by atoms with Crippen LogP contribution < -0.4 is 16.2 Å². The predicted molar refractivity (Wildman–Crippen MR) is 115 cm³/mol. The molecule has 0 aliphatic carbocycles. The van der Waals surface area contributed by atoms with Gasteiger partial charge in [0.1, 0.15) is 5.65 Å². The number of aromatic amines is 1. The Hall–Kier alpha value is -3.52. The molecule has 5 rings (SSSR count). The maximum atomic E-state index is 13.1. The maximum absolute atomic E-state index is 13.1. The Kier molecular flexibility index (Phi) is 4.55. The van der Waals surface area contributed by atoms with Gasteiger partial charge in [0.25, 0.3) is 11.5 Å². The van der Waals surface area contributed by atoms with Crippen LogP contribution in [0.4, 0.5) is 5.69 Å². The number of carbonyl (C=O) groups is 1. The van der Waals surface area contributed by atoms with E-state index in [1.165, 1.54) is 0 Å². The second kappa shape index (κ2) is 7.38. The summed E-state index contributed by atoms with van der Waals surface area (Å²) in [6.07, 6.45) is 3.58. The summed E-state index contributed by atoms with van der Waals surface area (Å²) in [4.78, 5) is 32.7. The number of hydrogen-bond acceptors (Lipinski definition) is 5. The van der Waals surface area contributed by atoms with Gasteiger partial charge in [0.2, 0.25) is 0 Å². The zero-order chi connectivity index (χ0) is 20.7. The minimum absolute atomic E-state index is 0.184. The number of rotatable bonds is 3. The van der Waals surface area contributed by atoms with E-state index in [-0.39, 0.29) is 17.4 Å². The van der Waals surface area contributed by atoms with Crippen molar-refractivity contribution in [3.8, 4) is 0 Å². The number of benzene rings is 1. The second-order valence-electron chi connectivity index (χ2n) is 7.63. The molecule has 1 amide bonds. The van der Waals surface area contributed by atoms with Gasteiger partial charge < -0.3 is 15.6 Å². The van der Waals surface area contributed by atoms with E-state index in [2.05, 4.69) is 20.6 Å². The smallest absolute Gasteiger partial charge is 0.256 e. The van der Waals surface area contributed by atoms with Crippen molar-refractivity contribution in [2.24, 2.45) is 0 Å². The van der Waals surface area contributed by atoms with Gasteiger partial charge in [-0.1, -0.05) is 6.07 Å². The van der Waals surface area contributed by atoms with Crippen molar-refractivity contribution < 1.29 is 4.79 Å². The molecule has 0 spiro atoms. The number of amides is 1. The molecule has 1 aromatic carbocycles. The first kappa shape index (κ1) is 18.5. The molecular formula is C22H22N6O2. The molecule has 0 radical (unpaired) electrons. The van der Waals surface area contributed by atoms with Gasteiger partial charge in [-0.15, -0.1) is 0 Å². The zero-order valence-electron chi connectivity index (χ0n) is 16.6. The van der Waals surface area contributed by atoms with E-state index >= 15 is 0 Å². The molecule has 8 heteroatoms. The van der Waals surface area contributed by atoms with Crippen LogP contribution in [0, 0.1) is 6.92 Å². The van der Waals surface area contributed by atoms with Gasteiger partial charge in [-0.25, -0.2) is 4.52 Å². The van der Waals surface area contributed by atoms with Crippen LogP contribution in [0.5, 0.6) is 0 Å². The van der Waals surface area contributed by atoms with E-state index in [1.54, 1.807) is 28.9 Å². The van der Waals surface area contributed by atoms with Gasteiger partial charge in [0, 0.05) is 18.2 Å². The van der Waals surface area contributed by atoms with Crippen LogP contribution in [-0.4, -0.2) is 38.6 Å². The summed E-state index contributed by atoms with van der Waals surface area (Å²) < 4.78 is 1.80. The van der Waals surface area contributed by atoms with Crippen LogP contribution in [0.25, 0.3) is 16.6 Å². The van der Waals surface area contributed by atoms with Crippen LogP contribution in [0.2, 0.25) is 0 Å². The molecular weight excluding hydrogens is 380 g/mol. The van der Waals surface area contributed by atoms with Crippen molar-refractivity contribution >= 4 is 28.1 Å². The highest BCUT2D eigenvalue weighted by Gasteiger charge is 2.23. The molecule has 8 nitrogen and oxygen atoms in total. The SMILES string of the molecule is Cc1ncccc1NC(=O)c1cccc2nn3c(C4CCNCC4)cc(=O)[nH]c3c12. The molecule has 4 heterocycles. The number of anilines is 1. The third-order valence-corrected chi connectivity index (χ3v) is 5.72. The summed E-state index contributed by atoms with van der Waals surface area (Å²) in [5, 5.41) is 11.7. The summed E-state index contributed by atoms with van der Waals surface area (Å²) in [5.41, 5.74) is 3.78. The van der Waals surface area contributed by atoms with Gasteiger partial charge in [0.15, 0.2) is 0 Å². The van der Waals surface area contributed by atoms with Gasteiger partial charge in [0.05, 0.1) is 33.5 Å². The molecule has 30 heavy (non-hydrogen) atoms. The molecule has 0 saturated carbocycles. The first-order valence-electron chi connectivity index (χ1n) is 10.1. The van der Waals surface area contributed by atoms with Crippen LogP contribution >= 0.6 is 0 Å². The fourth-order valence-electron chi connectivity index (χ4n) is 4.19. The fourth-order valence-corrected chi connectivity index (χ4v) is 4.19. The number of nitrogens with zero attached hydrogens (tertiary/aromatic N) is 3. The van der Waals surface area contributed by atoms with Crippen molar-refractivity contribution in [1.82, 2.24) is 24.9 Å². The van der Waals surface area contributed by atoms with Crippen molar-refractivity contribution in [3.05, 3.63) is 69.9 Å². The Morgan fingerprint density at radius 1 is 1.20 bits per heavy atom. The molecule has 1 aliphatic rings. The molecule has 152 valence electrons. The Balaban J connectivity index is 1.66. The predicted octanol–water partition coefficient (Wildman–Crippen LogP) is 2.60. The van der Waals surface area contributed by atoms with Crippen molar-refractivity contribution in [2.75, 3.05) is 18.4 Å². The van der Waals surface area contributed by atoms with Crippen molar-refractivity contribution in [1.29, 1.82) is 0 Å². The second-order valence-corrected chi connectivity index (χ2v) is 7.63. The number of hydrogen-bond donors (Lipinski definition) is 3. The van der Waals surface area contributed by atoms with E-state index in [0.29, 0.717) is 27.8 Å². The van der Waals surface area contributed by atoms with Gasteiger partial charge in [-0.05, 0) is 57.1 Å². The van der Waals surface area contributed by atoms with Gasteiger partial charge in [-0.3, -0.25) is 14.6 Å². The Morgan fingerprint density at radius 2 is 2.03 bits per heavy atom. The summed E-state index contributed by atoms with van der Waals surface area (Å²) in [7, 11) is 0. The molecule has 4 aromatic rings. The molecule has 1 saturated heterocycles. The van der Waals surface area contributed by atoms with Crippen LogP contribution in [-0.2, 0) is 0 Å². The van der Waals surface area contributed by atoms with E-state index in [4.69, 9.17) is 5.10 Å². The molecule has 0 atom stereocenters. The largest absolute Gasteiger partial charge is 0.320 e. The highest BCUT2D eigenvalue weighted by molar-refractivity contribution is 6.16. The van der Waals surface area contributed by atoms with Crippen molar-refractivity contribution in [3.63, 3.8) is 0 Å². The summed E-state index contributed by atoms with van der Waals surface area (Å²) in [6.45, 7) is 3.67. The van der Waals surface area contributed by atoms with Crippen LogP contribution in [0.1, 0.15) is 40.5 Å². The monoisotopic (exact) mass is 402 g/mol. The van der Waals surface area contributed by atoms with E-state index in [9.17, 15) is 9.59 Å². The average molecular weight is 402 g/mol. The molecule has 1 fully saturated rings. The number of pyridine rings is 1. The van der Waals surface area contributed by atoms with Gasteiger partial charge >= 0.3 is 0 Å². The lowest BCUT2D eigenvalue weighted by molar-refractivity contribution is 0.102. The average Bonchev–Trinajstić information content (AvgIpc) is 3.14. The number of H-pyrrole nitrogens is 1. The third-order valence-electron chi connectivity index (χ3n) is 5.72. The standard InChI is InChI=1S/C22H22N6O2/c1-13-16(6-3-9-24-13)25-22(30)15-4-2-5-17-20(15)21-26-19(29)12-18(28(21)27-17)14-7-10-23-11-8-14/h2-6,9,12,14,23H,7-8,10-11H2,1H3,(H,25,30)(H,26,29). The quantitative estimate of drug-likeness (QED) is 0.489. The Labute approximate surface area is 172 Å². The summed E-state index contributed by atoms with van der Waals surface area (Å²) in [6, 6.07) is 10.6. The first-order valence-corrected chi connectivity index (χ1v) is 10.1. The first-order chi connectivity index (χ1) is 14.6. The summed E-state index contributed by atoms with van der Waals surface area (Å²) in [5.74, 6) is -0.0135. The normalized spacial score (nSPS) is 15.0. The molecule has 1 aliphatic heterocycles. The van der Waals surface area contributed by atoms with Crippen molar-refractivity contribution in [2.45, 2.75) is 25.7 Å². The zero-order valence-corrected chi connectivity index (χ0v) is 16.6. The topological polar surface area (TPSA) is 104 Å². The van der Waals surface area contributed by atoms with Crippen LogP contribution in [0.3, 0.4) is 0 Å². The molecule has 3 N–H and O–H groups in total. The number of piperidine rings is 1. The summed E-state index contributed by atoms with van der Waals surface area (Å²) >= 11 is 0. The number of carbonyl (C=O) groups excluding carboxylic acids is 1. The number of fused-ring (bicyclic) bond motifs is 3. The minimum Gasteiger partial charge on any atom is -0.320 e. The molecule has 0 unspecified atom stereocenters. The lowest BCUT2D eigenvalue weighted by atomic mass is 9.94. The van der Waals surface area contributed by atoms with E-state index in [0.717, 1.165) is 37.3 Å². The lowest BCUT2D eigenvalue weighted by Gasteiger charge is -2.23. The lowest BCUT2D eigenvalue weighted by Crippen LogP contribution is -2.28. The Morgan fingerprint density at radius 3 is 2.83 bits per heavy atom. The number of nitrogens with one attached hydrogen (secondary N) is 3. The molecule has 3 aromatic heterocycles. The third kappa shape index (κ3) is 3.15. The van der Waals surface area contributed by atoms with Crippen LogP contribution in [0.15, 0.2) is 47.4 Å². The number of aryl methyl sites for hydroxylation is 1. The highest BCUT2D eigenvalue weighted by atomic mass is 16.1. The van der Waals surface area contributed by atoms with Gasteiger partial charge in [-0.2, -0.15) is 5.10 Å². The molecule has 0 bridgehead atoms.